The number of nitrogens with zero attached hydrogens (tertiary/aromatic N) is 2. The zero-order chi connectivity index (χ0) is 29.7. The maximum Gasteiger partial charge on any atom is 0.251 e. The number of rotatable bonds is 14. The Balaban J connectivity index is 1.45. The van der Waals surface area contributed by atoms with Crippen LogP contribution < -0.4 is 25.4 Å². The van der Waals surface area contributed by atoms with Gasteiger partial charge in [-0.25, -0.2) is 9.98 Å². The molecule has 3 aromatic rings. The molecule has 0 atom stereocenters. The highest BCUT2D eigenvalue weighted by molar-refractivity contribution is 6.32. The van der Waals surface area contributed by atoms with Crippen LogP contribution in [0.2, 0.25) is 5.02 Å². The summed E-state index contributed by atoms with van der Waals surface area (Å²) >= 11 is 6.44. The third-order valence-electron chi connectivity index (χ3n) is 6.11. The number of amides is 1. The molecule has 0 fully saturated rings. The van der Waals surface area contributed by atoms with Crippen molar-refractivity contribution in [2.45, 2.75) is 26.8 Å². The molecule has 0 aromatic heterocycles. The molecule has 9 nitrogen and oxygen atoms in total. The van der Waals surface area contributed by atoms with E-state index in [0.29, 0.717) is 47.7 Å². The summed E-state index contributed by atoms with van der Waals surface area (Å²) in [4.78, 5) is 20.8. The van der Waals surface area contributed by atoms with E-state index >= 15 is 0 Å². The summed E-state index contributed by atoms with van der Waals surface area (Å²) < 4.78 is 11.0. The second-order valence-corrected chi connectivity index (χ2v) is 10.5. The topological polar surface area (TPSA) is 117 Å². The maximum atomic E-state index is 12.4. The molecule has 0 saturated carbocycles. The molecule has 0 heterocycles. The van der Waals surface area contributed by atoms with E-state index in [9.17, 15) is 9.90 Å². The lowest BCUT2D eigenvalue weighted by atomic mass is 9.95. The number of methoxy groups -OCH3 is 1. The predicted molar refractivity (Wildman–Crippen MR) is 167 cm³/mol. The number of aliphatic imine (C=N–C) groups is 2. The van der Waals surface area contributed by atoms with Gasteiger partial charge in [-0.15, -0.1) is 0 Å². The largest absolute Gasteiger partial charge is 0.497 e. The number of anilines is 2. The summed E-state index contributed by atoms with van der Waals surface area (Å²) in [6, 6.07) is 20.3. The van der Waals surface area contributed by atoms with Gasteiger partial charge in [-0.2, -0.15) is 0 Å². The number of hydrogen-bond acceptors (Lipinski definition) is 6. The van der Waals surface area contributed by atoms with Crippen molar-refractivity contribution < 1.29 is 19.4 Å². The lowest BCUT2D eigenvalue weighted by Gasteiger charge is -2.21. The Kier molecular flexibility index (Phi) is 12.0. The Bertz CT molecular complexity index is 1310. The molecule has 10 heteroatoms. The van der Waals surface area contributed by atoms with Crippen LogP contribution >= 0.6 is 11.6 Å². The van der Waals surface area contributed by atoms with Crippen LogP contribution in [0.4, 0.5) is 11.4 Å². The molecule has 4 N–H and O–H groups in total. The number of carbonyl (C=O) groups is 1. The molecule has 41 heavy (non-hydrogen) atoms. The van der Waals surface area contributed by atoms with Gasteiger partial charge in [-0.05, 0) is 79.4 Å². The summed E-state index contributed by atoms with van der Waals surface area (Å²) in [5.74, 6) is 1.58. The van der Waals surface area contributed by atoms with Crippen LogP contribution in [0.5, 0.6) is 11.5 Å². The number of aliphatic hydroxyl groups excluding tert-OH is 1. The van der Waals surface area contributed by atoms with Crippen LogP contribution in [0, 0.1) is 5.41 Å². The number of benzene rings is 3. The van der Waals surface area contributed by atoms with Crippen LogP contribution in [-0.4, -0.2) is 57.1 Å². The fraction of sp³-hybridized carbons (Fsp3) is 0.323. The molecule has 3 aromatic carbocycles. The number of hydrogen-bond donors (Lipinski definition) is 4. The summed E-state index contributed by atoms with van der Waals surface area (Å²) in [5, 5.41) is 19.1. The van der Waals surface area contributed by atoms with E-state index in [0.717, 1.165) is 30.0 Å². The molecule has 0 spiro atoms. The van der Waals surface area contributed by atoms with Crippen LogP contribution in [0.25, 0.3) is 0 Å². The zero-order valence-electron chi connectivity index (χ0n) is 23.7. The molecule has 0 aliphatic rings. The summed E-state index contributed by atoms with van der Waals surface area (Å²) in [6.45, 7) is 9.34. The number of ether oxygens (including phenoxy) is 2. The smallest absolute Gasteiger partial charge is 0.251 e. The molecule has 0 radical (unpaired) electrons. The van der Waals surface area contributed by atoms with Crippen molar-refractivity contribution in [1.82, 2.24) is 5.32 Å². The minimum absolute atomic E-state index is 0.0124. The Labute approximate surface area is 246 Å². The highest BCUT2D eigenvalue weighted by atomic mass is 35.5. The molecular weight excluding hydrogens is 542 g/mol. The number of aliphatic hydroxyl groups is 1. The Morgan fingerprint density at radius 1 is 1.05 bits per heavy atom. The SMILES string of the molecule is C=NC(=NCc1ccc(OCCCNc2ccc(OC)cc2)c(Cl)c1)Nc1ccc(C(=O)NCC(C)(C)CO)cc1. The van der Waals surface area contributed by atoms with Crippen LogP contribution in [0.15, 0.2) is 76.7 Å². The normalized spacial score (nSPS) is 11.5. The first kappa shape index (κ1) is 31.4. The van der Waals surface area contributed by atoms with E-state index in [-0.39, 0.29) is 17.9 Å². The first-order valence-electron chi connectivity index (χ1n) is 13.3. The molecule has 0 unspecified atom stereocenters. The molecule has 0 aliphatic heterocycles. The Morgan fingerprint density at radius 2 is 1.76 bits per heavy atom. The summed E-state index contributed by atoms with van der Waals surface area (Å²) in [6.07, 6.45) is 0.808. The van der Waals surface area contributed by atoms with Gasteiger partial charge in [0.2, 0.25) is 5.96 Å². The molecule has 0 aliphatic carbocycles. The molecule has 0 saturated heterocycles. The zero-order valence-corrected chi connectivity index (χ0v) is 24.5. The first-order valence-corrected chi connectivity index (χ1v) is 13.7. The van der Waals surface area contributed by atoms with E-state index in [2.05, 4.69) is 32.7 Å². The number of guanidine groups is 1. The van der Waals surface area contributed by atoms with Crippen LogP contribution in [-0.2, 0) is 6.54 Å². The first-order chi connectivity index (χ1) is 19.7. The molecule has 1 amide bonds. The van der Waals surface area contributed by atoms with Gasteiger partial charge in [0.1, 0.15) is 11.5 Å². The lowest BCUT2D eigenvalue weighted by molar-refractivity contribution is 0.0911. The van der Waals surface area contributed by atoms with Crippen molar-refractivity contribution in [3.63, 3.8) is 0 Å². The van der Waals surface area contributed by atoms with Crippen molar-refractivity contribution in [2.24, 2.45) is 15.4 Å². The van der Waals surface area contributed by atoms with Crippen molar-refractivity contribution in [2.75, 3.05) is 44.0 Å². The number of carbonyl (C=O) groups excluding carboxylic acids is 1. The van der Waals surface area contributed by atoms with Crippen molar-refractivity contribution in [3.8, 4) is 11.5 Å². The van der Waals surface area contributed by atoms with Gasteiger partial charge in [0, 0.05) is 42.0 Å². The standard InChI is InChI=1S/C31H38ClN5O4/c1-31(2,21-38)20-36-29(39)23-7-9-25(10-8-23)37-30(33-3)35-19-22-6-15-28(27(32)18-22)41-17-5-16-34-24-11-13-26(40-4)14-12-24/h6-15,18,34,38H,3,5,16-17,19-21H2,1-2,4H3,(H,35,37)(H,36,39). The molecular formula is C31H38ClN5O4. The summed E-state index contributed by atoms with van der Waals surface area (Å²) in [5.41, 5.74) is 2.76. The van der Waals surface area contributed by atoms with E-state index < -0.39 is 0 Å². The van der Waals surface area contributed by atoms with Gasteiger partial charge >= 0.3 is 0 Å². The maximum absolute atomic E-state index is 12.4. The minimum Gasteiger partial charge on any atom is -0.497 e. The average Bonchev–Trinajstić information content (AvgIpc) is 2.99. The minimum atomic E-state index is -0.383. The quantitative estimate of drug-likeness (QED) is 0.111. The monoisotopic (exact) mass is 579 g/mol. The Morgan fingerprint density at radius 3 is 2.39 bits per heavy atom. The van der Waals surface area contributed by atoms with E-state index in [1.165, 1.54) is 0 Å². The van der Waals surface area contributed by atoms with Crippen molar-refractivity contribution in [1.29, 1.82) is 0 Å². The fourth-order valence-electron chi connectivity index (χ4n) is 3.56. The third kappa shape index (κ3) is 10.4. The molecule has 0 bridgehead atoms. The number of halogens is 1. The van der Waals surface area contributed by atoms with E-state index in [1.807, 2.05) is 56.3 Å². The van der Waals surface area contributed by atoms with E-state index in [1.54, 1.807) is 31.4 Å². The third-order valence-corrected chi connectivity index (χ3v) is 6.41. The highest BCUT2D eigenvalue weighted by Crippen LogP contribution is 2.26. The number of nitrogens with one attached hydrogen (secondary N) is 3. The fourth-order valence-corrected chi connectivity index (χ4v) is 3.82. The van der Waals surface area contributed by atoms with Gasteiger partial charge in [0.25, 0.3) is 5.91 Å². The van der Waals surface area contributed by atoms with Gasteiger partial charge in [0.15, 0.2) is 0 Å². The van der Waals surface area contributed by atoms with Crippen LogP contribution in [0.3, 0.4) is 0 Å². The lowest BCUT2D eigenvalue weighted by Crippen LogP contribution is -2.36. The van der Waals surface area contributed by atoms with Gasteiger partial charge in [-0.1, -0.05) is 31.5 Å². The average molecular weight is 580 g/mol. The van der Waals surface area contributed by atoms with Crippen molar-refractivity contribution >= 4 is 41.6 Å². The van der Waals surface area contributed by atoms with Gasteiger partial charge in [0.05, 0.1) is 25.3 Å². The highest BCUT2D eigenvalue weighted by Gasteiger charge is 2.18. The second-order valence-electron chi connectivity index (χ2n) is 10.1. The molecule has 218 valence electrons. The summed E-state index contributed by atoms with van der Waals surface area (Å²) in [7, 11) is 1.65. The second kappa shape index (κ2) is 15.6. The van der Waals surface area contributed by atoms with Gasteiger partial charge < -0.3 is 30.5 Å². The van der Waals surface area contributed by atoms with Crippen LogP contribution in [0.1, 0.15) is 36.2 Å². The van der Waals surface area contributed by atoms with E-state index in [4.69, 9.17) is 21.1 Å². The van der Waals surface area contributed by atoms with Gasteiger partial charge in [-0.3, -0.25) is 4.79 Å². The molecule has 3 rings (SSSR count). The van der Waals surface area contributed by atoms with Crippen molar-refractivity contribution in [3.05, 3.63) is 82.9 Å². The predicted octanol–water partition coefficient (Wildman–Crippen LogP) is 5.65. The Hall–Kier alpha value is -4.08.